The highest BCUT2D eigenvalue weighted by atomic mass is 16.2. The van der Waals surface area contributed by atoms with Gasteiger partial charge in [0, 0.05) is 56.5 Å². The number of aromatic nitrogens is 3. The second kappa shape index (κ2) is 10.6. The third kappa shape index (κ3) is 6.76. The van der Waals surface area contributed by atoms with E-state index >= 15 is 0 Å². The van der Waals surface area contributed by atoms with Gasteiger partial charge in [-0.05, 0) is 35.9 Å². The van der Waals surface area contributed by atoms with E-state index in [-0.39, 0.29) is 12.5 Å². The maximum Gasteiger partial charge on any atom is 0.246 e. The zero-order valence-electron chi connectivity index (χ0n) is 16.4. The van der Waals surface area contributed by atoms with Crippen molar-refractivity contribution >= 4 is 17.6 Å². The number of carbonyl (C=O) groups excluding carboxylic acids is 1. The van der Waals surface area contributed by atoms with E-state index in [4.69, 9.17) is 0 Å². The third-order valence-corrected chi connectivity index (χ3v) is 4.16. The number of pyridine rings is 1. The Bertz CT molecular complexity index is 923. The van der Waals surface area contributed by atoms with Crippen molar-refractivity contribution in [1.29, 1.82) is 0 Å². The number of hydrogen-bond acceptors (Lipinski definition) is 4. The van der Waals surface area contributed by atoms with Crippen molar-refractivity contribution in [3.8, 4) is 0 Å². The van der Waals surface area contributed by atoms with Crippen LogP contribution in [-0.4, -0.2) is 40.2 Å². The van der Waals surface area contributed by atoms with E-state index in [2.05, 4.69) is 31.0 Å². The van der Waals surface area contributed by atoms with E-state index in [1.807, 2.05) is 42.5 Å². The van der Waals surface area contributed by atoms with Gasteiger partial charge < -0.3 is 16.0 Å². The Labute approximate surface area is 170 Å². The molecule has 0 radical (unpaired) electrons. The van der Waals surface area contributed by atoms with Gasteiger partial charge >= 0.3 is 0 Å². The van der Waals surface area contributed by atoms with Gasteiger partial charge in [0.2, 0.25) is 5.91 Å². The fourth-order valence-corrected chi connectivity index (χ4v) is 2.76. The minimum Gasteiger partial charge on any atom is -0.356 e. The molecule has 0 aliphatic rings. The molecule has 3 rings (SSSR count). The van der Waals surface area contributed by atoms with Crippen LogP contribution in [0.25, 0.3) is 0 Å². The number of aliphatic imine (C=N–C) groups is 1. The smallest absolute Gasteiger partial charge is 0.246 e. The van der Waals surface area contributed by atoms with E-state index in [1.54, 1.807) is 36.4 Å². The maximum atomic E-state index is 12.1. The molecule has 2 aromatic heterocycles. The van der Waals surface area contributed by atoms with Gasteiger partial charge in [-0.15, -0.1) is 0 Å². The summed E-state index contributed by atoms with van der Waals surface area (Å²) in [6.45, 7) is 1.51. The molecule has 0 spiro atoms. The van der Waals surface area contributed by atoms with Crippen LogP contribution in [-0.2, 0) is 24.3 Å². The summed E-state index contributed by atoms with van der Waals surface area (Å²) < 4.78 is 1.58. The van der Waals surface area contributed by atoms with Crippen LogP contribution in [0.15, 0.2) is 72.1 Å². The molecule has 3 aromatic rings. The van der Waals surface area contributed by atoms with Crippen molar-refractivity contribution in [3.63, 3.8) is 0 Å². The first kappa shape index (κ1) is 20.1. The van der Waals surface area contributed by atoms with Gasteiger partial charge in [-0.25, -0.2) is 0 Å². The lowest BCUT2D eigenvalue weighted by Crippen LogP contribution is -2.37. The fourth-order valence-electron chi connectivity index (χ4n) is 2.76. The Hall–Kier alpha value is -3.68. The molecule has 1 aromatic carbocycles. The molecular weight excluding hydrogens is 366 g/mol. The molecule has 3 N–H and O–H groups in total. The number of carbonyl (C=O) groups is 1. The van der Waals surface area contributed by atoms with Crippen LogP contribution >= 0.6 is 0 Å². The van der Waals surface area contributed by atoms with Crippen molar-refractivity contribution in [2.24, 2.45) is 4.99 Å². The maximum absolute atomic E-state index is 12.1. The Morgan fingerprint density at radius 2 is 2.03 bits per heavy atom. The van der Waals surface area contributed by atoms with Crippen LogP contribution in [0, 0.1) is 0 Å². The number of nitrogens with one attached hydrogen (secondary N) is 3. The summed E-state index contributed by atoms with van der Waals surface area (Å²) in [5.41, 5.74) is 2.82. The molecule has 0 bridgehead atoms. The van der Waals surface area contributed by atoms with Crippen LogP contribution in [0.1, 0.15) is 11.3 Å². The first-order chi connectivity index (χ1) is 14.2. The second-order valence-electron chi connectivity index (χ2n) is 6.38. The van der Waals surface area contributed by atoms with Crippen molar-refractivity contribution in [2.45, 2.75) is 19.5 Å². The first-order valence-corrected chi connectivity index (χ1v) is 9.43. The second-order valence-corrected chi connectivity index (χ2v) is 6.38. The van der Waals surface area contributed by atoms with Gasteiger partial charge in [-0.1, -0.05) is 18.2 Å². The van der Waals surface area contributed by atoms with E-state index in [0.29, 0.717) is 12.5 Å². The Morgan fingerprint density at radius 1 is 1.10 bits per heavy atom. The molecule has 0 atom stereocenters. The molecule has 0 saturated heterocycles. The molecule has 0 aliphatic heterocycles. The van der Waals surface area contributed by atoms with Crippen molar-refractivity contribution in [3.05, 3.63) is 78.4 Å². The molecule has 0 aliphatic carbocycles. The lowest BCUT2D eigenvalue weighted by atomic mass is 10.2. The number of amides is 1. The van der Waals surface area contributed by atoms with E-state index in [1.165, 1.54) is 0 Å². The van der Waals surface area contributed by atoms with Gasteiger partial charge in [0.1, 0.15) is 6.54 Å². The molecule has 0 saturated carbocycles. The zero-order valence-corrected chi connectivity index (χ0v) is 16.4. The summed E-state index contributed by atoms with van der Waals surface area (Å²) in [5, 5.41) is 13.5. The van der Waals surface area contributed by atoms with Gasteiger partial charge in [0.05, 0.1) is 0 Å². The Morgan fingerprint density at radius 3 is 2.79 bits per heavy atom. The van der Waals surface area contributed by atoms with Crippen LogP contribution in [0.5, 0.6) is 0 Å². The normalized spacial score (nSPS) is 11.1. The van der Waals surface area contributed by atoms with Gasteiger partial charge in [0.15, 0.2) is 5.96 Å². The monoisotopic (exact) mass is 391 g/mol. The number of guanidine groups is 1. The SMILES string of the molecule is CN=C(NCCc1ccccn1)NCc1cccc(NC(=O)Cn2cccn2)c1. The summed E-state index contributed by atoms with van der Waals surface area (Å²) in [5.74, 6) is 0.597. The van der Waals surface area contributed by atoms with Crippen LogP contribution < -0.4 is 16.0 Å². The van der Waals surface area contributed by atoms with E-state index in [0.717, 1.165) is 29.9 Å². The van der Waals surface area contributed by atoms with E-state index in [9.17, 15) is 4.79 Å². The molecular formula is C21H25N7O. The van der Waals surface area contributed by atoms with Crippen LogP contribution in [0.3, 0.4) is 0 Å². The molecule has 0 unspecified atom stereocenters. The number of anilines is 1. The summed E-state index contributed by atoms with van der Waals surface area (Å²) >= 11 is 0. The molecule has 0 fully saturated rings. The highest BCUT2D eigenvalue weighted by Gasteiger charge is 2.05. The topological polar surface area (TPSA) is 96.2 Å². The van der Waals surface area contributed by atoms with Gasteiger partial charge in [-0.2, -0.15) is 5.10 Å². The lowest BCUT2D eigenvalue weighted by Gasteiger charge is -2.13. The number of hydrogen-bond donors (Lipinski definition) is 3. The third-order valence-electron chi connectivity index (χ3n) is 4.16. The predicted molar refractivity (Wildman–Crippen MR) is 113 cm³/mol. The quantitative estimate of drug-likeness (QED) is 0.402. The highest BCUT2D eigenvalue weighted by Crippen LogP contribution is 2.10. The minimum atomic E-state index is -0.120. The van der Waals surface area contributed by atoms with Gasteiger partial charge in [-0.3, -0.25) is 19.5 Å². The summed E-state index contributed by atoms with van der Waals surface area (Å²) in [6, 6.07) is 15.4. The highest BCUT2D eigenvalue weighted by molar-refractivity contribution is 5.90. The van der Waals surface area contributed by atoms with Crippen molar-refractivity contribution in [1.82, 2.24) is 25.4 Å². The Balaban J connectivity index is 1.45. The lowest BCUT2D eigenvalue weighted by molar-refractivity contribution is -0.116. The zero-order chi connectivity index (χ0) is 20.3. The molecule has 150 valence electrons. The summed E-state index contributed by atoms with van der Waals surface area (Å²) in [7, 11) is 1.74. The van der Waals surface area contributed by atoms with E-state index < -0.39 is 0 Å². The first-order valence-electron chi connectivity index (χ1n) is 9.43. The number of nitrogens with zero attached hydrogens (tertiary/aromatic N) is 4. The molecule has 29 heavy (non-hydrogen) atoms. The molecule has 8 nitrogen and oxygen atoms in total. The summed E-state index contributed by atoms with van der Waals surface area (Å²) in [6.07, 6.45) is 6.02. The molecule has 8 heteroatoms. The summed E-state index contributed by atoms with van der Waals surface area (Å²) in [4.78, 5) is 20.7. The van der Waals surface area contributed by atoms with Crippen molar-refractivity contribution in [2.75, 3.05) is 18.9 Å². The number of benzene rings is 1. The number of rotatable bonds is 8. The average molecular weight is 391 g/mol. The predicted octanol–water partition coefficient (Wildman–Crippen LogP) is 1.82. The molecule has 2 heterocycles. The Kier molecular flexibility index (Phi) is 7.34. The standard InChI is InChI=1S/C21H25N7O/c1-22-21(24-12-9-18-7-2-3-10-23-18)25-15-17-6-4-8-19(14-17)27-20(29)16-28-13-5-11-26-28/h2-8,10-11,13-14H,9,12,15-16H2,1H3,(H,27,29)(H2,22,24,25). The minimum absolute atomic E-state index is 0.120. The van der Waals surface area contributed by atoms with Crippen LogP contribution in [0.4, 0.5) is 5.69 Å². The average Bonchev–Trinajstić information content (AvgIpc) is 3.24. The largest absolute Gasteiger partial charge is 0.356 e. The van der Waals surface area contributed by atoms with Crippen LogP contribution in [0.2, 0.25) is 0 Å². The fraction of sp³-hybridized carbons (Fsp3) is 0.238. The van der Waals surface area contributed by atoms with Crippen molar-refractivity contribution < 1.29 is 4.79 Å². The molecule has 1 amide bonds. The van der Waals surface area contributed by atoms with Gasteiger partial charge in [0.25, 0.3) is 0 Å².